The van der Waals surface area contributed by atoms with Crippen molar-refractivity contribution in [3.63, 3.8) is 0 Å². The van der Waals surface area contributed by atoms with E-state index in [4.69, 9.17) is 9.47 Å². The number of phenolic OH excluding ortho intramolecular Hbond substituents is 2. The van der Waals surface area contributed by atoms with Crippen LogP contribution in [-0.4, -0.2) is 27.9 Å². The largest absolute Gasteiger partial charge is 0.508 e. The molecule has 2 N–H and O–H groups in total. The Morgan fingerprint density at radius 1 is 0.846 bits per heavy atom. The van der Waals surface area contributed by atoms with Crippen LogP contribution in [0.15, 0.2) is 36.4 Å². The summed E-state index contributed by atoms with van der Waals surface area (Å²) in [5.41, 5.74) is 0.727. The maximum atomic E-state index is 12.5. The third kappa shape index (κ3) is 5.07. The normalized spacial score (nSPS) is 10.2. The molecule has 0 aromatic heterocycles. The molecule has 2 aromatic rings. The highest BCUT2D eigenvalue weighted by atomic mass is 16.5. The summed E-state index contributed by atoms with van der Waals surface area (Å²) in [6, 6.07) is 8.18. The van der Waals surface area contributed by atoms with Crippen molar-refractivity contribution in [1.82, 2.24) is 0 Å². The number of esters is 2. The summed E-state index contributed by atoms with van der Waals surface area (Å²) in [6.45, 7) is 2.43. The molecule has 0 saturated heterocycles. The highest BCUT2D eigenvalue weighted by Crippen LogP contribution is 2.28. The lowest BCUT2D eigenvalue weighted by Crippen LogP contribution is -2.09. The predicted molar refractivity (Wildman–Crippen MR) is 91.5 cm³/mol. The van der Waals surface area contributed by atoms with Gasteiger partial charge in [-0.2, -0.15) is 0 Å². The Kier molecular flexibility index (Phi) is 5.95. The average molecular weight is 358 g/mol. The zero-order chi connectivity index (χ0) is 19.3. The number of carbonyl (C=O) groups excluding carboxylic acids is 3. The van der Waals surface area contributed by atoms with Crippen molar-refractivity contribution in [2.45, 2.75) is 26.7 Å². The third-order valence-corrected chi connectivity index (χ3v) is 3.45. The maximum Gasteiger partial charge on any atom is 0.308 e. The number of aromatic hydroxyl groups is 2. The van der Waals surface area contributed by atoms with Gasteiger partial charge in [0.1, 0.15) is 23.0 Å². The molecule has 0 radical (unpaired) electrons. The highest BCUT2D eigenvalue weighted by Gasteiger charge is 2.16. The lowest BCUT2D eigenvalue weighted by molar-refractivity contribution is -0.132. The van der Waals surface area contributed by atoms with Crippen LogP contribution in [0, 0.1) is 0 Å². The Bertz CT molecular complexity index is 855. The topological polar surface area (TPSA) is 110 Å². The van der Waals surface area contributed by atoms with Crippen LogP contribution in [-0.2, 0) is 16.0 Å². The quantitative estimate of drug-likeness (QED) is 0.464. The number of hydrogen-bond donors (Lipinski definition) is 2. The molecule has 0 aliphatic heterocycles. The second kappa shape index (κ2) is 8.15. The number of benzene rings is 2. The number of phenols is 2. The number of rotatable bonds is 6. The molecule has 0 aliphatic carbocycles. The highest BCUT2D eigenvalue weighted by molar-refractivity contribution is 5.99. The number of ketones is 1. The molecule has 136 valence electrons. The summed E-state index contributed by atoms with van der Waals surface area (Å²) >= 11 is 0. The van der Waals surface area contributed by atoms with Crippen LogP contribution in [0.2, 0.25) is 0 Å². The molecule has 0 atom stereocenters. The van der Waals surface area contributed by atoms with Crippen molar-refractivity contribution >= 4 is 17.7 Å². The lowest BCUT2D eigenvalue weighted by Gasteiger charge is -2.11. The molecule has 7 heteroatoms. The molecular weight excluding hydrogens is 340 g/mol. The second-order valence-corrected chi connectivity index (χ2v) is 5.58. The van der Waals surface area contributed by atoms with Gasteiger partial charge in [0.25, 0.3) is 0 Å². The van der Waals surface area contributed by atoms with Gasteiger partial charge in [0.2, 0.25) is 0 Å². The smallest absolute Gasteiger partial charge is 0.308 e. The van der Waals surface area contributed by atoms with Crippen molar-refractivity contribution in [3.05, 3.63) is 47.5 Å². The molecule has 0 aliphatic rings. The van der Waals surface area contributed by atoms with E-state index in [1.165, 1.54) is 44.2 Å². The van der Waals surface area contributed by atoms with E-state index in [1.807, 2.05) is 0 Å². The van der Waals surface area contributed by atoms with E-state index in [9.17, 15) is 24.6 Å². The Balaban J connectivity index is 2.19. The molecule has 0 fully saturated rings. The molecule has 0 spiro atoms. The van der Waals surface area contributed by atoms with E-state index >= 15 is 0 Å². The summed E-state index contributed by atoms with van der Waals surface area (Å²) in [5, 5.41) is 19.0. The second-order valence-electron chi connectivity index (χ2n) is 5.58. The fourth-order valence-corrected chi connectivity index (χ4v) is 2.36. The zero-order valence-corrected chi connectivity index (χ0v) is 14.3. The molecule has 7 nitrogen and oxygen atoms in total. The Morgan fingerprint density at radius 3 is 2.00 bits per heavy atom. The Hall–Kier alpha value is -3.35. The summed E-state index contributed by atoms with van der Waals surface area (Å²) in [6.07, 6.45) is 0.278. The SMILES string of the molecule is CC(=O)Oc1cc(O)ccc1CCC(=O)c1ccc(O)cc1OC(C)=O. The molecule has 0 unspecified atom stereocenters. The fraction of sp³-hybridized carbons (Fsp3) is 0.211. The summed E-state index contributed by atoms with van der Waals surface area (Å²) in [5.74, 6) is -1.51. The van der Waals surface area contributed by atoms with Gasteiger partial charge in [-0.15, -0.1) is 0 Å². The van der Waals surface area contributed by atoms with Crippen LogP contribution >= 0.6 is 0 Å². The first-order valence-corrected chi connectivity index (χ1v) is 7.81. The van der Waals surface area contributed by atoms with Gasteiger partial charge in [0.05, 0.1) is 5.56 Å². The first kappa shape index (κ1) is 19.0. The van der Waals surface area contributed by atoms with E-state index in [-0.39, 0.29) is 47.2 Å². The maximum absolute atomic E-state index is 12.5. The van der Waals surface area contributed by atoms with Crippen LogP contribution in [0.3, 0.4) is 0 Å². The van der Waals surface area contributed by atoms with Crippen LogP contribution in [0.5, 0.6) is 23.0 Å². The standard InChI is InChI=1S/C19H18O7/c1-11(20)25-18-9-14(22)5-3-13(18)4-8-17(24)16-7-6-15(23)10-19(16)26-12(2)21/h3,5-7,9-10,22-23H,4,8H2,1-2H3. The zero-order valence-electron chi connectivity index (χ0n) is 14.3. The van der Waals surface area contributed by atoms with Gasteiger partial charge in [-0.3, -0.25) is 14.4 Å². The number of ether oxygens (including phenoxy) is 2. The number of aryl methyl sites for hydroxylation is 1. The number of carbonyl (C=O) groups is 3. The summed E-state index contributed by atoms with van der Waals surface area (Å²) < 4.78 is 10.0. The summed E-state index contributed by atoms with van der Waals surface area (Å²) in [4.78, 5) is 34.8. The van der Waals surface area contributed by atoms with Gasteiger partial charge in [-0.1, -0.05) is 6.07 Å². The van der Waals surface area contributed by atoms with Crippen molar-refractivity contribution in [2.24, 2.45) is 0 Å². The van der Waals surface area contributed by atoms with Gasteiger partial charge in [0, 0.05) is 32.4 Å². The van der Waals surface area contributed by atoms with Gasteiger partial charge >= 0.3 is 11.9 Å². The minimum atomic E-state index is -0.611. The molecule has 2 rings (SSSR count). The predicted octanol–water partition coefficient (Wildman–Crippen LogP) is 2.76. The lowest BCUT2D eigenvalue weighted by atomic mass is 10.0. The van der Waals surface area contributed by atoms with E-state index in [0.29, 0.717) is 5.56 Å². The minimum Gasteiger partial charge on any atom is -0.508 e. The number of Topliss-reactive ketones (excluding diaryl/α,β-unsaturated/α-hetero) is 1. The first-order valence-electron chi connectivity index (χ1n) is 7.81. The molecule has 0 saturated carbocycles. The van der Waals surface area contributed by atoms with Crippen LogP contribution in [0.4, 0.5) is 0 Å². The van der Waals surface area contributed by atoms with E-state index in [1.54, 1.807) is 6.07 Å². The molecular formula is C19H18O7. The Morgan fingerprint density at radius 2 is 1.38 bits per heavy atom. The van der Waals surface area contributed by atoms with Crippen molar-refractivity contribution < 1.29 is 34.1 Å². The summed E-state index contributed by atoms with van der Waals surface area (Å²) in [7, 11) is 0. The van der Waals surface area contributed by atoms with Crippen LogP contribution in [0.25, 0.3) is 0 Å². The average Bonchev–Trinajstić information content (AvgIpc) is 2.52. The van der Waals surface area contributed by atoms with Crippen molar-refractivity contribution in [2.75, 3.05) is 0 Å². The molecule has 26 heavy (non-hydrogen) atoms. The molecule has 2 aromatic carbocycles. The van der Waals surface area contributed by atoms with Gasteiger partial charge in [0.15, 0.2) is 5.78 Å². The van der Waals surface area contributed by atoms with E-state index < -0.39 is 11.9 Å². The number of hydrogen-bond acceptors (Lipinski definition) is 7. The van der Waals surface area contributed by atoms with Crippen molar-refractivity contribution in [1.29, 1.82) is 0 Å². The minimum absolute atomic E-state index is 0.0200. The first-order chi connectivity index (χ1) is 12.3. The fourth-order valence-electron chi connectivity index (χ4n) is 2.36. The van der Waals surface area contributed by atoms with Crippen molar-refractivity contribution in [3.8, 4) is 23.0 Å². The molecule has 0 amide bonds. The molecule has 0 heterocycles. The monoisotopic (exact) mass is 358 g/mol. The van der Waals surface area contributed by atoms with Crippen LogP contribution in [0.1, 0.15) is 36.2 Å². The third-order valence-electron chi connectivity index (χ3n) is 3.45. The van der Waals surface area contributed by atoms with Gasteiger partial charge < -0.3 is 19.7 Å². The molecule has 0 bridgehead atoms. The van der Waals surface area contributed by atoms with Crippen LogP contribution < -0.4 is 9.47 Å². The van der Waals surface area contributed by atoms with E-state index in [0.717, 1.165) is 0 Å². The van der Waals surface area contributed by atoms with E-state index in [2.05, 4.69) is 0 Å². The van der Waals surface area contributed by atoms with Gasteiger partial charge in [-0.25, -0.2) is 0 Å². The van der Waals surface area contributed by atoms with Gasteiger partial charge in [-0.05, 0) is 30.2 Å². The Labute approximate surface area is 149 Å².